The summed E-state index contributed by atoms with van der Waals surface area (Å²) >= 11 is 2.23. The molecular weight excluding hydrogens is 385 g/mol. The van der Waals surface area contributed by atoms with E-state index >= 15 is 0 Å². The van der Waals surface area contributed by atoms with Crippen molar-refractivity contribution in [1.82, 2.24) is 9.88 Å². The van der Waals surface area contributed by atoms with Crippen LogP contribution in [0.2, 0.25) is 0 Å². The van der Waals surface area contributed by atoms with E-state index in [-0.39, 0.29) is 21.3 Å². The van der Waals surface area contributed by atoms with Crippen LogP contribution in [-0.4, -0.2) is 13.6 Å². The Morgan fingerprint density at radius 1 is 1.25 bits per heavy atom. The van der Waals surface area contributed by atoms with Crippen molar-refractivity contribution in [2.45, 2.75) is 16.9 Å². The maximum Gasteiger partial charge on any atom is 0.452 e. The van der Waals surface area contributed by atoms with Crippen molar-refractivity contribution < 1.29 is 26.1 Å². The summed E-state index contributed by atoms with van der Waals surface area (Å²) in [6, 6.07) is 7.05. The summed E-state index contributed by atoms with van der Waals surface area (Å²) in [5.41, 5.74) is -0.0629. The molecule has 0 amide bonds. The molecule has 0 bridgehead atoms. The third kappa shape index (κ3) is 3.69. The number of aromatic nitrogens is 1. The van der Waals surface area contributed by atoms with Gasteiger partial charge in [0.2, 0.25) is 15.8 Å². The summed E-state index contributed by atoms with van der Waals surface area (Å²) in [4.78, 5) is 1.12. The van der Waals surface area contributed by atoms with Crippen LogP contribution in [-0.2, 0) is 22.7 Å². The van der Waals surface area contributed by atoms with Crippen LogP contribution in [0.1, 0.15) is 10.6 Å². The molecule has 3 aromatic rings. The van der Waals surface area contributed by atoms with Gasteiger partial charge in [-0.1, -0.05) is 11.2 Å². The Balaban J connectivity index is 1.78. The molecule has 0 aliphatic heterocycles. The lowest BCUT2D eigenvalue weighted by atomic mass is 10.3. The topological polar surface area (TPSA) is 72.2 Å². The second kappa shape index (κ2) is 6.31. The summed E-state index contributed by atoms with van der Waals surface area (Å²) in [5, 5.41) is 5.17. The average molecular weight is 394 g/mol. The van der Waals surface area contributed by atoms with Gasteiger partial charge in [-0.3, -0.25) is 0 Å². The molecule has 0 atom stereocenters. The minimum absolute atomic E-state index is 0.00869. The molecule has 0 aliphatic rings. The van der Waals surface area contributed by atoms with E-state index in [4.69, 9.17) is 0 Å². The average Bonchev–Trinajstić information content (AvgIpc) is 3.23. The van der Waals surface area contributed by atoms with Crippen LogP contribution in [0.15, 0.2) is 44.4 Å². The van der Waals surface area contributed by atoms with Gasteiger partial charge >= 0.3 is 6.18 Å². The van der Waals surface area contributed by atoms with Gasteiger partial charge < -0.3 is 4.52 Å². The Kier molecular flexibility index (Phi) is 4.51. The van der Waals surface area contributed by atoms with Crippen molar-refractivity contribution in [3.05, 3.63) is 46.3 Å². The Bertz CT molecular complexity index is 927. The number of hydrogen-bond acceptors (Lipinski definition) is 6. The molecule has 0 spiro atoms. The van der Waals surface area contributed by atoms with Gasteiger partial charge in [-0.25, -0.2) is 13.1 Å². The number of alkyl halides is 3. The normalized spacial score (nSPS) is 12.6. The first kappa shape index (κ1) is 17.1. The van der Waals surface area contributed by atoms with Crippen LogP contribution in [0, 0.1) is 0 Å². The second-order valence-electron chi connectivity index (χ2n) is 4.60. The standard InChI is InChI=1S/C13H9F3N2O3S3/c14-13(15,16)11-6-9(18-21-11)10-3-4-12(23-10)24(19,20)17-7-8-2-1-5-22-8/h1-6,17H,7H2. The van der Waals surface area contributed by atoms with Crippen molar-refractivity contribution in [3.63, 3.8) is 0 Å². The van der Waals surface area contributed by atoms with Crippen molar-refractivity contribution in [1.29, 1.82) is 0 Å². The largest absolute Gasteiger partial charge is 0.452 e. The molecule has 11 heteroatoms. The van der Waals surface area contributed by atoms with Gasteiger partial charge in [-0.2, -0.15) is 13.2 Å². The van der Waals surface area contributed by atoms with Gasteiger partial charge in [0.25, 0.3) is 0 Å². The lowest BCUT2D eigenvalue weighted by Gasteiger charge is -2.02. The first-order valence-corrected chi connectivity index (χ1v) is 9.60. The Morgan fingerprint density at radius 2 is 2.04 bits per heavy atom. The molecule has 3 aromatic heterocycles. The predicted octanol–water partition coefficient (Wildman–Crippen LogP) is 3.96. The highest BCUT2D eigenvalue weighted by molar-refractivity contribution is 7.91. The van der Waals surface area contributed by atoms with E-state index in [9.17, 15) is 21.6 Å². The van der Waals surface area contributed by atoms with Gasteiger partial charge in [-0.05, 0) is 23.6 Å². The lowest BCUT2D eigenvalue weighted by Crippen LogP contribution is -2.21. The zero-order valence-electron chi connectivity index (χ0n) is 11.7. The maximum atomic E-state index is 12.5. The molecule has 24 heavy (non-hydrogen) atoms. The minimum atomic E-state index is -4.64. The van der Waals surface area contributed by atoms with Crippen molar-refractivity contribution >= 4 is 32.7 Å². The maximum absolute atomic E-state index is 12.5. The van der Waals surface area contributed by atoms with E-state index in [0.29, 0.717) is 0 Å². The molecule has 0 aliphatic carbocycles. The smallest absolute Gasteiger partial charge is 0.351 e. The number of thiophene rings is 2. The molecule has 3 rings (SSSR count). The SMILES string of the molecule is O=S(=O)(NCc1cccs1)c1ccc(-c2cc(C(F)(F)F)on2)s1. The highest BCUT2D eigenvalue weighted by atomic mass is 32.2. The fourth-order valence-electron chi connectivity index (χ4n) is 1.78. The number of rotatable bonds is 5. The van der Waals surface area contributed by atoms with Crippen LogP contribution in [0.25, 0.3) is 10.6 Å². The number of hydrogen-bond donors (Lipinski definition) is 1. The van der Waals surface area contributed by atoms with Crippen molar-refractivity contribution in [2.24, 2.45) is 0 Å². The highest BCUT2D eigenvalue weighted by Crippen LogP contribution is 2.35. The molecule has 1 N–H and O–H groups in total. The predicted molar refractivity (Wildman–Crippen MR) is 83.2 cm³/mol. The quantitative estimate of drug-likeness (QED) is 0.711. The minimum Gasteiger partial charge on any atom is -0.351 e. The molecule has 0 saturated carbocycles. The van der Waals surface area contributed by atoms with Gasteiger partial charge in [0.1, 0.15) is 9.90 Å². The Morgan fingerprint density at radius 3 is 2.67 bits per heavy atom. The second-order valence-corrected chi connectivity index (χ2v) is 8.71. The van der Waals surface area contributed by atoms with E-state index in [2.05, 4.69) is 14.4 Å². The van der Waals surface area contributed by atoms with E-state index in [1.54, 1.807) is 12.1 Å². The number of nitrogens with zero attached hydrogens (tertiary/aromatic N) is 1. The van der Waals surface area contributed by atoms with Crippen molar-refractivity contribution in [2.75, 3.05) is 0 Å². The third-order valence-corrected chi connectivity index (χ3v) is 6.78. The van der Waals surface area contributed by atoms with E-state index in [1.807, 2.05) is 5.38 Å². The van der Waals surface area contributed by atoms with Gasteiger partial charge in [0, 0.05) is 17.5 Å². The van der Waals surface area contributed by atoms with E-state index in [0.717, 1.165) is 22.3 Å². The highest BCUT2D eigenvalue weighted by Gasteiger charge is 2.36. The molecule has 0 aromatic carbocycles. The summed E-state index contributed by atoms with van der Waals surface area (Å²) < 4.78 is 68.6. The summed E-state index contributed by atoms with van der Waals surface area (Å²) in [6.07, 6.45) is -4.64. The molecule has 0 saturated heterocycles. The molecule has 5 nitrogen and oxygen atoms in total. The molecule has 0 unspecified atom stereocenters. The number of nitrogens with one attached hydrogen (secondary N) is 1. The van der Waals surface area contributed by atoms with E-state index < -0.39 is 22.0 Å². The first-order valence-electron chi connectivity index (χ1n) is 6.42. The Labute approximate surface area is 142 Å². The van der Waals surface area contributed by atoms with Crippen LogP contribution < -0.4 is 4.72 Å². The first-order chi connectivity index (χ1) is 11.3. The summed E-state index contributed by atoms with van der Waals surface area (Å²) in [5.74, 6) is -1.23. The summed E-state index contributed by atoms with van der Waals surface area (Å²) in [6.45, 7) is 0.148. The fraction of sp³-hybridized carbons (Fsp3) is 0.154. The third-order valence-electron chi connectivity index (χ3n) is 2.90. The monoisotopic (exact) mass is 394 g/mol. The number of sulfonamides is 1. The number of halogens is 3. The van der Waals surface area contributed by atoms with Crippen molar-refractivity contribution in [3.8, 4) is 10.6 Å². The summed E-state index contributed by atoms with van der Waals surface area (Å²) in [7, 11) is -3.75. The molecular formula is C13H9F3N2O3S3. The van der Waals surface area contributed by atoms with Crippen LogP contribution in [0.5, 0.6) is 0 Å². The van der Waals surface area contributed by atoms with Gasteiger partial charge in [0.05, 0.1) is 4.88 Å². The van der Waals surface area contributed by atoms with Gasteiger partial charge in [-0.15, -0.1) is 22.7 Å². The Hall–Kier alpha value is -1.69. The van der Waals surface area contributed by atoms with E-state index in [1.165, 1.54) is 23.5 Å². The molecule has 0 fully saturated rings. The molecule has 0 radical (unpaired) electrons. The fourth-order valence-corrected chi connectivity index (χ4v) is 4.82. The van der Waals surface area contributed by atoms with Gasteiger partial charge in [0.15, 0.2) is 0 Å². The molecule has 128 valence electrons. The zero-order valence-corrected chi connectivity index (χ0v) is 14.2. The van der Waals surface area contributed by atoms with Crippen LogP contribution >= 0.6 is 22.7 Å². The zero-order chi connectivity index (χ0) is 17.4. The van der Waals surface area contributed by atoms with Crippen LogP contribution in [0.4, 0.5) is 13.2 Å². The lowest BCUT2D eigenvalue weighted by molar-refractivity contribution is -0.155. The molecule has 3 heterocycles. The van der Waals surface area contributed by atoms with Crippen LogP contribution in [0.3, 0.4) is 0 Å².